The van der Waals surface area contributed by atoms with E-state index in [2.05, 4.69) is 31.7 Å². The number of nitrogens with zero attached hydrogens (tertiary/aromatic N) is 2. The van der Waals surface area contributed by atoms with Crippen molar-refractivity contribution < 1.29 is 39.3 Å². The van der Waals surface area contributed by atoms with Gasteiger partial charge in [0.05, 0.1) is 13.2 Å². The van der Waals surface area contributed by atoms with Crippen molar-refractivity contribution in [2.45, 2.75) is 38.0 Å². The maximum Gasteiger partial charge on any atom is 0.204 e. The Balaban J connectivity index is 0.000000568. The van der Waals surface area contributed by atoms with Crippen LogP contribution in [-0.4, -0.2) is 76.6 Å². The van der Waals surface area contributed by atoms with Crippen molar-refractivity contribution in [3.05, 3.63) is 65.5 Å². The van der Waals surface area contributed by atoms with Gasteiger partial charge in [-0.3, -0.25) is 24.4 Å². The lowest BCUT2D eigenvalue weighted by molar-refractivity contribution is -0.188. The third kappa shape index (κ3) is 8.42. The van der Waals surface area contributed by atoms with Crippen LogP contribution in [0.2, 0.25) is 0 Å². The lowest BCUT2D eigenvalue weighted by atomic mass is 9.87. The number of carbonyl (C=O) groups is 1. The number of benzene rings is 2. The van der Waals surface area contributed by atoms with Gasteiger partial charge >= 0.3 is 0 Å². The number of rotatable bonds is 6. The molecule has 10 heteroatoms. The number of methoxy groups -OCH3 is 1. The Labute approximate surface area is 215 Å². The predicted octanol–water partition coefficient (Wildman–Crippen LogP) is 3.25. The van der Waals surface area contributed by atoms with E-state index in [0.29, 0.717) is 5.56 Å². The highest BCUT2D eigenvalue weighted by Crippen LogP contribution is 2.27. The van der Waals surface area contributed by atoms with E-state index in [9.17, 15) is 14.3 Å². The Morgan fingerprint density at radius 2 is 1.59 bits per heavy atom. The fourth-order valence-electron chi connectivity index (χ4n) is 4.86. The van der Waals surface area contributed by atoms with Crippen LogP contribution in [0, 0.1) is 23.9 Å². The third-order valence-corrected chi connectivity index (χ3v) is 6.83. The predicted molar refractivity (Wildman–Crippen MR) is 133 cm³/mol. The van der Waals surface area contributed by atoms with E-state index in [1.54, 1.807) is 19.2 Å². The van der Waals surface area contributed by atoms with E-state index in [1.807, 2.05) is 12.1 Å². The fourth-order valence-corrected chi connectivity index (χ4v) is 4.86. The number of hydrogen-bond acceptors (Lipinski definition) is 9. The molecule has 2 aliphatic heterocycles. The first-order valence-corrected chi connectivity index (χ1v) is 12.1. The van der Waals surface area contributed by atoms with Gasteiger partial charge in [-0.25, -0.2) is 4.39 Å². The van der Waals surface area contributed by atoms with Gasteiger partial charge in [0, 0.05) is 37.2 Å². The number of ketones is 1. The minimum absolute atomic E-state index is 0.0298. The van der Waals surface area contributed by atoms with Crippen LogP contribution in [0.25, 0.3) is 0 Å². The van der Waals surface area contributed by atoms with Crippen molar-refractivity contribution in [2.75, 3.05) is 33.3 Å². The average Bonchev–Trinajstić information content (AvgIpc) is 2.94. The van der Waals surface area contributed by atoms with Crippen LogP contribution in [-0.2, 0) is 16.3 Å². The molecule has 2 aromatic rings. The molecule has 2 aliphatic rings. The monoisotopic (exact) mass is 516 g/mol. The molecule has 4 rings (SSSR count). The molecule has 0 aliphatic carbocycles. The smallest absolute Gasteiger partial charge is 0.204 e. The van der Waals surface area contributed by atoms with E-state index in [0.717, 1.165) is 57.7 Å². The molecule has 0 bridgehead atoms. The largest absolute Gasteiger partial charge is 0.497 e. The number of likely N-dealkylation sites (tertiary alicyclic amines) is 2. The molecule has 2 fully saturated rings. The van der Waals surface area contributed by atoms with Gasteiger partial charge in [-0.1, -0.05) is 12.1 Å². The number of aliphatic hydroxyl groups excluding tert-OH is 1. The van der Waals surface area contributed by atoms with Crippen LogP contribution in [0.5, 0.6) is 5.75 Å². The topological polar surface area (TPSA) is 112 Å². The Morgan fingerprint density at radius 1 is 0.973 bits per heavy atom. The van der Waals surface area contributed by atoms with E-state index in [1.165, 1.54) is 29.9 Å². The zero-order chi connectivity index (χ0) is 26.6. The van der Waals surface area contributed by atoms with Gasteiger partial charge in [-0.2, -0.15) is 10.5 Å². The van der Waals surface area contributed by atoms with Crippen LogP contribution < -0.4 is 4.74 Å². The number of carbonyl (C=O) groups excluding carboxylic acids is 1. The van der Waals surface area contributed by atoms with Crippen LogP contribution in [0.15, 0.2) is 48.5 Å². The van der Waals surface area contributed by atoms with Gasteiger partial charge in [0.15, 0.2) is 5.78 Å². The van der Waals surface area contributed by atoms with Crippen LogP contribution in [0.4, 0.5) is 4.39 Å². The SMILES string of the molecule is COc1ccc(CN2CCC(O)C(N3CCC(C(=O)c4ccc(F)cc4)CC3)C2)cc1.OOC#COO. The van der Waals surface area contributed by atoms with Gasteiger partial charge < -0.3 is 9.84 Å². The molecule has 0 spiro atoms. The normalized spacial score (nSPS) is 20.6. The Hall–Kier alpha value is -3.20. The third-order valence-electron chi connectivity index (χ3n) is 6.83. The van der Waals surface area contributed by atoms with Gasteiger partial charge in [-0.05, 0) is 74.3 Å². The van der Waals surface area contributed by atoms with Gasteiger partial charge in [-0.15, -0.1) is 0 Å². The van der Waals surface area contributed by atoms with Crippen molar-refractivity contribution in [1.82, 2.24) is 9.80 Å². The average molecular weight is 517 g/mol. The molecule has 2 heterocycles. The molecule has 2 unspecified atom stereocenters. The minimum atomic E-state index is -0.337. The number of Topliss-reactive ketones (excluding diaryl/α,β-unsaturated/α-hetero) is 1. The lowest BCUT2D eigenvalue weighted by Gasteiger charge is -2.44. The van der Waals surface area contributed by atoms with Crippen LogP contribution in [0.1, 0.15) is 35.2 Å². The van der Waals surface area contributed by atoms with Crippen LogP contribution >= 0.6 is 0 Å². The van der Waals surface area contributed by atoms with Gasteiger partial charge in [0.2, 0.25) is 12.2 Å². The molecular weight excluding hydrogens is 483 g/mol. The molecule has 0 radical (unpaired) electrons. The highest BCUT2D eigenvalue weighted by Gasteiger charge is 2.35. The first kappa shape index (κ1) is 28.4. The lowest BCUT2D eigenvalue weighted by Crippen LogP contribution is -2.56. The maximum atomic E-state index is 13.1. The van der Waals surface area contributed by atoms with Gasteiger partial charge in [0.25, 0.3) is 0 Å². The summed E-state index contributed by atoms with van der Waals surface area (Å²) in [6.45, 7) is 4.16. The highest BCUT2D eigenvalue weighted by molar-refractivity contribution is 5.97. The second kappa shape index (κ2) is 14.5. The summed E-state index contributed by atoms with van der Waals surface area (Å²) < 4.78 is 18.4. The van der Waals surface area contributed by atoms with E-state index >= 15 is 0 Å². The molecular formula is C27H33FN2O7. The molecule has 200 valence electrons. The molecule has 0 amide bonds. The van der Waals surface area contributed by atoms with Gasteiger partial charge in [0.1, 0.15) is 11.6 Å². The highest BCUT2D eigenvalue weighted by atomic mass is 19.1. The molecule has 2 saturated heterocycles. The number of aliphatic hydroxyl groups is 1. The number of halogens is 1. The first-order chi connectivity index (χ1) is 17.9. The van der Waals surface area contributed by atoms with E-state index in [-0.39, 0.29) is 29.7 Å². The van der Waals surface area contributed by atoms with Crippen molar-refractivity contribution >= 4 is 5.78 Å². The molecule has 9 nitrogen and oxygen atoms in total. The summed E-state index contributed by atoms with van der Waals surface area (Å²) in [5, 5.41) is 25.3. The Morgan fingerprint density at radius 3 is 2.16 bits per heavy atom. The summed E-state index contributed by atoms with van der Waals surface area (Å²) in [6.07, 6.45) is 5.04. The minimum Gasteiger partial charge on any atom is -0.497 e. The molecule has 0 aromatic heterocycles. The van der Waals surface area contributed by atoms with E-state index in [4.69, 9.17) is 15.3 Å². The summed E-state index contributed by atoms with van der Waals surface area (Å²) in [5.41, 5.74) is 1.82. The molecule has 3 N–H and O–H groups in total. The summed E-state index contributed by atoms with van der Waals surface area (Å²) in [6, 6.07) is 14.1. The van der Waals surface area contributed by atoms with E-state index < -0.39 is 0 Å². The molecule has 0 saturated carbocycles. The number of ether oxygens (including phenoxy) is 1. The maximum absolute atomic E-state index is 13.1. The first-order valence-electron chi connectivity index (χ1n) is 12.1. The van der Waals surface area contributed by atoms with Crippen molar-refractivity contribution in [3.8, 4) is 18.0 Å². The van der Waals surface area contributed by atoms with Crippen molar-refractivity contribution in [2.24, 2.45) is 5.92 Å². The summed E-state index contributed by atoms with van der Waals surface area (Å²) in [5.74, 6) is 0.605. The second-order valence-electron chi connectivity index (χ2n) is 9.07. The quantitative estimate of drug-likeness (QED) is 0.231. The Bertz CT molecular complexity index is 1020. The van der Waals surface area contributed by atoms with Crippen LogP contribution in [0.3, 0.4) is 0 Å². The zero-order valence-electron chi connectivity index (χ0n) is 20.8. The van der Waals surface area contributed by atoms with Crippen molar-refractivity contribution in [1.29, 1.82) is 0 Å². The summed E-state index contributed by atoms with van der Waals surface area (Å²) in [4.78, 5) is 23.8. The summed E-state index contributed by atoms with van der Waals surface area (Å²) in [7, 11) is 1.67. The molecule has 37 heavy (non-hydrogen) atoms. The summed E-state index contributed by atoms with van der Waals surface area (Å²) >= 11 is 0. The van der Waals surface area contributed by atoms with Crippen molar-refractivity contribution in [3.63, 3.8) is 0 Å². The second-order valence-corrected chi connectivity index (χ2v) is 9.07. The Kier molecular flexibility index (Phi) is 11.1. The number of hydrogen-bond donors (Lipinski definition) is 3. The number of piperidine rings is 2. The standard InChI is InChI=1S/C25H31FN2O3.C2H2O4/c1-31-22-8-2-18(3-9-22)16-27-13-12-24(29)23(17-27)28-14-10-20(11-15-28)25(30)19-4-6-21(26)7-5-19;3-5-1-2-6-4/h2-9,20,23-24,29H,10-17H2,1H3;3-4H. The molecule has 2 aromatic carbocycles. The fraction of sp³-hybridized carbons (Fsp3) is 0.444. The zero-order valence-corrected chi connectivity index (χ0v) is 20.8. The molecule has 2 atom stereocenters.